The lowest BCUT2D eigenvalue weighted by molar-refractivity contribution is -0.137. The fourth-order valence-corrected chi connectivity index (χ4v) is 5.33. The Balaban J connectivity index is 1.34. The first-order valence-electron chi connectivity index (χ1n) is 9.37. The van der Waals surface area contributed by atoms with Crippen molar-refractivity contribution in [1.82, 2.24) is 19.3 Å². The highest BCUT2D eigenvalue weighted by Gasteiger charge is 2.49. The van der Waals surface area contributed by atoms with Crippen molar-refractivity contribution in [3.8, 4) is 5.88 Å². The number of hydrogen-bond acceptors (Lipinski definition) is 6. The lowest BCUT2D eigenvalue weighted by atomic mass is 10.1. The first kappa shape index (κ1) is 18.8. The molecule has 1 saturated heterocycles. The first-order valence-corrected chi connectivity index (χ1v) is 10.2. The molecule has 5 rings (SSSR count). The summed E-state index contributed by atoms with van der Waals surface area (Å²) < 4.78 is 46.0. The smallest absolute Gasteiger partial charge is 0.417 e. The number of aromatic nitrogens is 3. The molecule has 0 spiro atoms. The summed E-state index contributed by atoms with van der Waals surface area (Å²) in [5.74, 6) is 0.547. The summed E-state index contributed by atoms with van der Waals surface area (Å²) in [6.07, 6.45) is -1.09. The molecule has 29 heavy (non-hydrogen) atoms. The van der Waals surface area contributed by atoms with Crippen LogP contribution in [0.4, 0.5) is 13.2 Å². The maximum Gasteiger partial charge on any atom is 0.417 e. The van der Waals surface area contributed by atoms with Crippen LogP contribution in [0.3, 0.4) is 0 Å². The molecule has 2 fully saturated rings. The van der Waals surface area contributed by atoms with Crippen LogP contribution in [0.5, 0.6) is 5.88 Å². The number of imidazole rings is 1. The van der Waals surface area contributed by atoms with E-state index in [4.69, 9.17) is 4.74 Å². The van der Waals surface area contributed by atoms with Crippen LogP contribution in [-0.2, 0) is 6.18 Å². The minimum atomic E-state index is -4.42. The number of aliphatic hydroxyl groups excluding tert-OH is 1. The molecule has 1 N–H and O–H groups in total. The zero-order valence-corrected chi connectivity index (χ0v) is 16.3. The molecular weight excluding hydrogens is 405 g/mol. The van der Waals surface area contributed by atoms with Crippen LogP contribution in [0.15, 0.2) is 29.9 Å². The molecule has 4 atom stereocenters. The monoisotopic (exact) mass is 424 g/mol. The molecule has 1 aliphatic carbocycles. The van der Waals surface area contributed by atoms with Crippen molar-refractivity contribution in [3.05, 3.63) is 46.9 Å². The molecule has 2 bridgehead atoms. The van der Waals surface area contributed by atoms with Gasteiger partial charge in [0, 0.05) is 36.4 Å². The van der Waals surface area contributed by atoms with E-state index < -0.39 is 18.0 Å². The van der Waals surface area contributed by atoms with Crippen molar-refractivity contribution < 1.29 is 23.0 Å². The second kappa shape index (κ2) is 6.68. The highest BCUT2D eigenvalue weighted by atomic mass is 32.1. The van der Waals surface area contributed by atoms with Gasteiger partial charge in [-0.1, -0.05) is 0 Å². The number of rotatable bonds is 4. The van der Waals surface area contributed by atoms with Gasteiger partial charge in [-0.25, -0.2) is 9.97 Å². The van der Waals surface area contributed by atoms with Crippen LogP contribution in [0.2, 0.25) is 0 Å². The second-order valence-electron chi connectivity index (χ2n) is 7.65. The molecule has 4 heterocycles. The van der Waals surface area contributed by atoms with Crippen molar-refractivity contribution in [3.63, 3.8) is 0 Å². The number of likely N-dealkylation sites (tertiary alicyclic amines) is 1. The minimum Gasteiger partial charge on any atom is -0.473 e. The molecule has 4 unspecified atom stereocenters. The quantitative estimate of drug-likeness (QED) is 0.693. The van der Waals surface area contributed by atoms with Crippen molar-refractivity contribution in [2.24, 2.45) is 5.92 Å². The molecule has 0 amide bonds. The van der Waals surface area contributed by atoms with Crippen molar-refractivity contribution in [2.45, 2.75) is 44.3 Å². The summed E-state index contributed by atoms with van der Waals surface area (Å²) in [6, 6.07) is 2.21. The highest BCUT2D eigenvalue weighted by molar-refractivity contribution is 7.15. The normalized spacial score (nSPS) is 25.8. The van der Waals surface area contributed by atoms with Crippen molar-refractivity contribution >= 4 is 16.3 Å². The first-order chi connectivity index (χ1) is 13.8. The molecule has 154 valence electrons. The number of ether oxygens (including phenoxy) is 1. The predicted molar refractivity (Wildman–Crippen MR) is 99.6 cm³/mol. The second-order valence-corrected chi connectivity index (χ2v) is 8.53. The summed E-state index contributed by atoms with van der Waals surface area (Å²) in [5.41, 5.74) is 0.736. The van der Waals surface area contributed by atoms with Crippen molar-refractivity contribution in [1.29, 1.82) is 0 Å². The van der Waals surface area contributed by atoms with Crippen molar-refractivity contribution in [2.75, 3.05) is 6.54 Å². The van der Waals surface area contributed by atoms with Gasteiger partial charge in [-0.2, -0.15) is 13.2 Å². The topological polar surface area (TPSA) is 62.9 Å². The fourth-order valence-electron chi connectivity index (χ4n) is 4.57. The number of halogens is 3. The summed E-state index contributed by atoms with van der Waals surface area (Å²) in [4.78, 5) is 11.2. The number of alkyl halides is 3. The van der Waals surface area contributed by atoms with Gasteiger partial charge < -0.3 is 9.84 Å². The molecule has 0 aromatic carbocycles. The molecule has 6 nitrogen and oxygen atoms in total. The van der Waals surface area contributed by atoms with E-state index in [1.54, 1.807) is 0 Å². The van der Waals surface area contributed by atoms with Crippen LogP contribution < -0.4 is 4.74 Å². The van der Waals surface area contributed by atoms with Gasteiger partial charge >= 0.3 is 6.18 Å². The van der Waals surface area contributed by atoms with Gasteiger partial charge in [0.1, 0.15) is 6.10 Å². The van der Waals surface area contributed by atoms with Gasteiger partial charge in [-0.05, 0) is 31.7 Å². The number of thiazole rings is 1. The lowest BCUT2D eigenvalue weighted by Gasteiger charge is -2.36. The number of fused-ring (bicyclic) bond motifs is 3. The Hall–Kier alpha value is -2.17. The van der Waals surface area contributed by atoms with E-state index in [1.165, 1.54) is 17.4 Å². The summed E-state index contributed by atoms with van der Waals surface area (Å²) in [6.45, 7) is 2.63. The Morgan fingerprint density at radius 1 is 1.31 bits per heavy atom. The van der Waals surface area contributed by atoms with E-state index in [0.29, 0.717) is 5.92 Å². The Morgan fingerprint density at radius 3 is 2.83 bits per heavy atom. The number of nitrogens with zero attached hydrogens (tertiary/aromatic N) is 4. The molecule has 3 aromatic rings. The molecule has 10 heteroatoms. The van der Waals surface area contributed by atoms with Crippen LogP contribution in [-0.4, -0.2) is 43.1 Å². The van der Waals surface area contributed by atoms with E-state index in [2.05, 4.69) is 9.97 Å². The number of aliphatic hydroxyl groups is 1. The number of piperidine rings is 1. The van der Waals surface area contributed by atoms with E-state index in [1.807, 2.05) is 27.8 Å². The zero-order chi connectivity index (χ0) is 20.3. The summed E-state index contributed by atoms with van der Waals surface area (Å²) in [5, 5.41) is 13.0. The summed E-state index contributed by atoms with van der Waals surface area (Å²) >= 11 is 1.51. The average Bonchev–Trinajstić information content (AvgIpc) is 3.41. The molecule has 1 saturated carbocycles. The van der Waals surface area contributed by atoms with Gasteiger partial charge in [0.05, 0.1) is 17.0 Å². The standard InChI is InChI=1S/C19H19F3N4O2S/c1-10-16(25-4-5-29-18(25)24-10)17(27)26-9-11-6-13(26)14(7-11)28-15-3-2-12(8-23-15)19(20,21)22/h2-5,8,11,13-14,17,27H,6-7,9H2,1H3. The third-order valence-electron chi connectivity index (χ3n) is 5.84. The van der Waals surface area contributed by atoms with E-state index in [0.717, 1.165) is 48.0 Å². The molecular formula is C19H19F3N4O2S. The van der Waals surface area contributed by atoms with Crippen LogP contribution in [0.25, 0.3) is 4.96 Å². The van der Waals surface area contributed by atoms with E-state index in [-0.39, 0.29) is 18.0 Å². The zero-order valence-electron chi connectivity index (χ0n) is 15.5. The minimum absolute atomic E-state index is 0.0253. The number of pyridine rings is 1. The summed E-state index contributed by atoms with van der Waals surface area (Å²) in [7, 11) is 0. The number of hydrogen-bond donors (Lipinski definition) is 1. The van der Waals surface area contributed by atoms with Gasteiger partial charge in [0.2, 0.25) is 5.88 Å². The van der Waals surface area contributed by atoms with Gasteiger partial charge in [0.25, 0.3) is 0 Å². The third-order valence-corrected chi connectivity index (χ3v) is 6.60. The Kier molecular flexibility index (Phi) is 4.34. The van der Waals surface area contributed by atoms with Gasteiger partial charge in [-0.15, -0.1) is 11.3 Å². The van der Waals surface area contributed by atoms with Gasteiger partial charge in [0.15, 0.2) is 11.2 Å². The van der Waals surface area contributed by atoms with Crippen LogP contribution >= 0.6 is 11.3 Å². The average molecular weight is 424 g/mol. The maximum absolute atomic E-state index is 12.7. The molecule has 2 aliphatic rings. The molecule has 1 aliphatic heterocycles. The predicted octanol–water partition coefficient (Wildman–Crippen LogP) is 3.65. The number of aryl methyl sites for hydroxylation is 1. The molecule has 0 radical (unpaired) electrons. The highest BCUT2D eigenvalue weighted by Crippen LogP contribution is 2.43. The van der Waals surface area contributed by atoms with Gasteiger partial charge in [-0.3, -0.25) is 9.30 Å². The largest absolute Gasteiger partial charge is 0.473 e. The maximum atomic E-state index is 12.7. The van der Waals surface area contributed by atoms with Crippen LogP contribution in [0.1, 0.15) is 36.0 Å². The lowest BCUT2D eigenvalue weighted by Crippen LogP contribution is -2.46. The Labute approximate surface area is 168 Å². The van der Waals surface area contributed by atoms with E-state index in [9.17, 15) is 18.3 Å². The third kappa shape index (κ3) is 3.19. The molecule has 3 aromatic heterocycles. The van der Waals surface area contributed by atoms with E-state index >= 15 is 0 Å². The van der Waals surface area contributed by atoms with Crippen LogP contribution in [0, 0.1) is 12.8 Å². The SMILES string of the molecule is Cc1nc2sccn2c1C(O)N1CC2CC(Oc3ccc(C(F)(F)F)cn3)C1C2. The Morgan fingerprint density at radius 2 is 2.14 bits per heavy atom. The fraction of sp³-hybridized carbons (Fsp3) is 0.474. The Bertz CT molecular complexity index is 1030.